The Balaban J connectivity index is 2.31. The number of anilines is 1. The second kappa shape index (κ2) is 5.93. The van der Waals surface area contributed by atoms with Crippen molar-refractivity contribution in [2.75, 3.05) is 38.2 Å². The Bertz CT molecular complexity index is 431. The Morgan fingerprint density at radius 2 is 2.05 bits per heavy atom. The molecule has 0 bridgehead atoms. The van der Waals surface area contributed by atoms with E-state index in [4.69, 9.17) is 0 Å². The highest BCUT2D eigenvalue weighted by Crippen LogP contribution is 2.32. The number of nitrogens with zero attached hydrogens (tertiary/aromatic N) is 2. The van der Waals surface area contributed by atoms with Gasteiger partial charge in [-0.3, -0.25) is 4.90 Å². The molecule has 1 aromatic rings. The van der Waals surface area contributed by atoms with Gasteiger partial charge in [0.15, 0.2) is 0 Å². The number of aliphatic hydroxyl groups excluding tert-OH is 1. The molecule has 3 nitrogen and oxygen atoms in total. The number of para-hydroxylation sites is 1. The molecule has 0 aliphatic carbocycles. The average molecular weight is 262 g/mol. The molecular formula is C16H26N2O. The summed E-state index contributed by atoms with van der Waals surface area (Å²) in [5.74, 6) is 0.530. The molecule has 106 valence electrons. The molecule has 1 aliphatic heterocycles. The van der Waals surface area contributed by atoms with Crippen LogP contribution in [0.25, 0.3) is 0 Å². The predicted molar refractivity (Wildman–Crippen MR) is 81.0 cm³/mol. The van der Waals surface area contributed by atoms with Crippen molar-refractivity contribution in [1.82, 2.24) is 4.90 Å². The van der Waals surface area contributed by atoms with Gasteiger partial charge in [0.1, 0.15) is 0 Å². The van der Waals surface area contributed by atoms with Crippen molar-refractivity contribution >= 4 is 5.69 Å². The monoisotopic (exact) mass is 262 g/mol. The summed E-state index contributed by atoms with van der Waals surface area (Å²) < 4.78 is 0. The summed E-state index contributed by atoms with van der Waals surface area (Å²) in [6, 6.07) is 6.81. The minimum atomic E-state index is 0.232. The predicted octanol–water partition coefficient (Wildman–Crippen LogP) is 2.23. The van der Waals surface area contributed by atoms with Gasteiger partial charge in [-0.2, -0.15) is 0 Å². The Labute approximate surface area is 116 Å². The van der Waals surface area contributed by atoms with Gasteiger partial charge in [-0.25, -0.2) is 0 Å². The lowest BCUT2D eigenvalue weighted by Crippen LogP contribution is -2.53. The molecule has 1 fully saturated rings. The summed E-state index contributed by atoms with van der Waals surface area (Å²) in [6.45, 7) is 9.88. The van der Waals surface area contributed by atoms with E-state index in [9.17, 15) is 5.11 Å². The molecule has 0 saturated carbocycles. The zero-order valence-electron chi connectivity index (χ0n) is 12.6. The fraction of sp³-hybridized carbons (Fsp3) is 0.625. The highest BCUT2D eigenvalue weighted by Gasteiger charge is 2.26. The summed E-state index contributed by atoms with van der Waals surface area (Å²) in [5.41, 5.74) is 4.14. The molecule has 0 aromatic heterocycles. The molecule has 0 radical (unpaired) electrons. The lowest BCUT2D eigenvalue weighted by Gasteiger charge is -2.41. The normalized spacial score (nSPS) is 21.2. The van der Waals surface area contributed by atoms with Crippen molar-refractivity contribution in [3.63, 3.8) is 0 Å². The van der Waals surface area contributed by atoms with Gasteiger partial charge < -0.3 is 10.0 Å². The number of aliphatic hydroxyl groups is 1. The van der Waals surface area contributed by atoms with Gasteiger partial charge in [0, 0.05) is 25.3 Å². The first kappa shape index (κ1) is 14.4. The minimum absolute atomic E-state index is 0.232. The van der Waals surface area contributed by atoms with Gasteiger partial charge in [-0.05, 0) is 31.0 Å². The molecule has 2 rings (SSSR count). The van der Waals surface area contributed by atoms with Crippen LogP contribution in [0.2, 0.25) is 0 Å². The molecule has 1 atom stereocenters. The van der Waals surface area contributed by atoms with Crippen LogP contribution in [-0.4, -0.2) is 49.3 Å². The van der Waals surface area contributed by atoms with Crippen molar-refractivity contribution in [2.45, 2.75) is 32.7 Å². The number of aryl methyl sites for hydroxylation is 1. The average Bonchev–Trinajstić information content (AvgIpc) is 2.39. The topological polar surface area (TPSA) is 26.7 Å². The quantitative estimate of drug-likeness (QED) is 0.905. The summed E-state index contributed by atoms with van der Waals surface area (Å²) in [4.78, 5) is 4.70. The van der Waals surface area contributed by atoms with Gasteiger partial charge >= 0.3 is 0 Å². The molecule has 1 N–H and O–H groups in total. The molecule has 1 unspecified atom stereocenters. The van der Waals surface area contributed by atoms with Crippen LogP contribution in [0.5, 0.6) is 0 Å². The Morgan fingerprint density at radius 1 is 1.32 bits per heavy atom. The Morgan fingerprint density at radius 3 is 2.68 bits per heavy atom. The molecule has 1 aromatic carbocycles. The van der Waals surface area contributed by atoms with E-state index in [-0.39, 0.29) is 12.6 Å². The zero-order valence-corrected chi connectivity index (χ0v) is 12.6. The third-order valence-corrected chi connectivity index (χ3v) is 4.20. The zero-order chi connectivity index (χ0) is 14.0. The fourth-order valence-corrected chi connectivity index (χ4v) is 2.93. The molecule has 1 heterocycles. The maximum absolute atomic E-state index is 9.51. The van der Waals surface area contributed by atoms with Crippen LogP contribution in [0.15, 0.2) is 18.2 Å². The van der Waals surface area contributed by atoms with Crippen LogP contribution in [0, 0.1) is 6.92 Å². The number of benzene rings is 1. The lowest BCUT2D eigenvalue weighted by atomic mass is 9.96. The van der Waals surface area contributed by atoms with Crippen molar-refractivity contribution in [3.05, 3.63) is 29.3 Å². The van der Waals surface area contributed by atoms with Gasteiger partial charge in [-0.15, -0.1) is 0 Å². The fourth-order valence-electron chi connectivity index (χ4n) is 2.93. The van der Waals surface area contributed by atoms with E-state index in [2.05, 4.69) is 55.8 Å². The Hall–Kier alpha value is -1.06. The molecule has 3 heteroatoms. The van der Waals surface area contributed by atoms with E-state index >= 15 is 0 Å². The van der Waals surface area contributed by atoms with Crippen LogP contribution in [0.4, 0.5) is 5.69 Å². The van der Waals surface area contributed by atoms with E-state index in [0.717, 1.165) is 19.6 Å². The molecule has 0 spiro atoms. The molecule has 1 saturated heterocycles. The van der Waals surface area contributed by atoms with Crippen LogP contribution in [0.3, 0.4) is 0 Å². The number of piperazine rings is 1. The van der Waals surface area contributed by atoms with Crippen molar-refractivity contribution in [1.29, 1.82) is 0 Å². The molecular weight excluding hydrogens is 236 g/mol. The second-order valence-corrected chi connectivity index (χ2v) is 5.93. The van der Waals surface area contributed by atoms with Gasteiger partial charge in [-0.1, -0.05) is 32.0 Å². The van der Waals surface area contributed by atoms with Gasteiger partial charge in [0.2, 0.25) is 0 Å². The maximum atomic E-state index is 9.51. The summed E-state index contributed by atoms with van der Waals surface area (Å²) >= 11 is 0. The minimum Gasteiger partial charge on any atom is -0.395 e. The number of hydrogen-bond donors (Lipinski definition) is 1. The smallest absolute Gasteiger partial charge is 0.0604 e. The second-order valence-electron chi connectivity index (χ2n) is 5.93. The summed E-state index contributed by atoms with van der Waals surface area (Å²) in [6.07, 6.45) is 0. The summed E-state index contributed by atoms with van der Waals surface area (Å²) in [5, 5.41) is 9.51. The first-order chi connectivity index (χ1) is 9.04. The standard InChI is InChI=1S/C16H26N2O/c1-12(2)15-7-5-6-13(3)16(15)18-9-8-17(4)14(10-18)11-19/h5-7,12,14,19H,8-11H2,1-4H3. The number of likely N-dealkylation sites (N-methyl/N-ethyl adjacent to an activating group) is 1. The largest absolute Gasteiger partial charge is 0.395 e. The van der Waals surface area contributed by atoms with Gasteiger partial charge in [0.05, 0.1) is 12.6 Å². The van der Waals surface area contributed by atoms with Crippen molar-refractivity contribution < 1.29 is 5.11 Å². The maximum Gasteiger partial charge on any atom is 0.0604 e. The number of hydrogen-bond acceptors (Lipinski definition) is 3. The van der Waals surface area contributed by atoms with Crippen LogP contribution in [0.1, 0.15) is 30.9 Å². The third-order valence-electron chi connectivity index (χ3n) is 4.20. The summed E-state index contributed by atoms with van der Waals surface area (Å²) in [7, 11) is 2.10. The third kappa shape index (κ3) is 2.93. The molecule has 0 amide bonds. The first-order valence-corrected chi connectivity index (χ1v) is 7.20. The number of rotatable bonds is 3. The van der Waals surface area contributed by atoms with Crippen molar-refractivity contribution in [3.8, 4) is 0 Å². The van der Waals surface area contributed by atoms with E-state index in [1.165, 1.54) is 16.8 Å². The SMILES string of the molecule is Cc1cccc(C(C)C)c1N1CCN(C)C(CO)C1. The van der Waals surface area contributed by atoms with Crippen LogP contribution in [-0.2, 0) is 0 Å². The van der Waals surface area contributed by atoms with Crippen LogP contribution < -0.4 is 4.90 Å². The van der Waals surface area contributed by atoms with E-state index in [1.807, 2.05) is 0 Å². The van der Waals surface area contributed by atoms with Crippen molar-refractivity contribution in [2.24, 2.45) is 0 Å². The highest BCUT2D eigenvalue weighted by molar-refractivity contribution is 5.61. The van der Waals surface area contributed by atoms with E-state index < -0.39 is 0 Å². The molecule has 1 aliphatic rings. The Kier molecular flexibility index (Phi) is 4.48. The van der Waals surface area contributed by atoms with E-state index in [1.54, 1.807) is 0 Å². The molecule has 19 heavy (non-hydrogen) atoms. The van der Waals surface area contributed by atoms with Gasteiger partial charge in [0.25, 0.3) is 0 Å². The first-order valence-electron chi connectivity index (χ1n) is 7.20. The van der Waals surface area contributed by atoms with Crippen LogP contribution >= 0.6 is 0 Å². The van der Waals surface area contributed by atoms with E-state index in [0.29, 0.717) is 5.92 Å². The lowest BCUT2D eigenvalue weighted by molar-refractivity contribution is 0.135. The highest BCUT2D eigenvalue weighted by atomic mass is 16.3.